The van der Waals surface area contributed by atoms with Crippen molar-refractivity contribution in [3.8, 4) is 0 Å². The predicted molar refractivity (Wildman–Crippen MR) is 68.5 cm³/mol. The van der Waals surface area contributed by atoms with E-state index in [0.717, 1.165) is 5.69 Å². The minimum Gasteiger partial charge on any atom is -0.369 e. The molecule has 0 unspecified atom stereocenters. The lowest BCUT2D eigenvalue weighted by Crippen LogP contribution is -2.45. The molecule has 0 aromatic heterocycles. The van der Waals surface area contributed by atoms with Crippen LogP contribution in [0.15, 0.2) is 24.3 Å². The van der Waals surface area contributed by atoms with Crippen LogP contribution in [0.2, 0.25) is 0 Å². The Bertz CT molecular complexity index is 378. The molecule has 0 radical (unpaired) electrons. The van der Waals surface area contributed by atoms with Crippen molar-refractivity contribution in [2.45, 2.75) is 32.3 Å². The fourth-order valence-electron chi connectivity index (χ4n) is 2.13. The quantitative estimate of drug-likeness (QED) is 0.822. The molecule has 1 fully saturated rings. The molecule has 0 N–H and O–H groups in total. The first-order valence-corrected chi connectivity index (χ1v) is 6.32. The van der Waals surface area contributed by atoms with Crippen molar-refractivity contribution in [1.29, 1.82) is 0 Å². The van der Waals surface area contributed by atoms with E-state index in [1.807, 2.05) is 17.0 Å². The van der Waals surface area contributed by atoms with E-state index in [-0.39, 0.29) is 6.54 Å². The summed E-state index contributed by atoms with van der Waals surface area (Å²) in [5.74, 6) is 0.484. The number of hydrogen-bond acceptors (Lipinski definition) is 2. The maximum atomic E-state index is 12.6. The number of rotatable bonds is 3. The molecular formula is C14H19F2NO. The first kappa shape index (κ1) is 13.3. The standard InChI is InChI=1S/C14H19F2NO/c1-10(2)11-3-5-12(6-4-11)17-7-8-18-13(9-17)14(15)16/h3-6,10,13-14H,7-9H2,1-2H3/t13-/m0/s1. The van der Waals surface area contributed by atoms with E-state index in [1.54, 1.807) is 0 Å². The van der Waals surface area contributed by atoms with Crippen molar-refractivity contribution in [2.75, 3.05) is 24.6 Å². The summed E-state index contributed by atoms with van der Waals surface area (Å²) in [5, 5.41) is 0. The zero-order valence-electron chi connectivity index (χ0n) is 10.8. The van der Waals surface area contributed by atoms with Gasteiger partial charge in [-0.05, 0) is 23.6 Å². The number of benzene rings is 1. The largest absolute Gasteiger partial charge is 0.369 e. The van der Waals surface area contributed by atoms with Gasteiger partial charge < -0.3 is 9.64 Å². The molecule has 1 atom stereocenters. The number of ether oxygens (including phenoxy) is 1. The van der Waals surface area contributed by atoms with E-state index in [1.165, 1.54) is 5.56 Å². The summed E-state index contributed by atoms with van der Waals surface area (Å²) in [5.41, 5.74) is 2.26. The Morgan fingerprint density at radius 2 is 1.89 bits per heavy atom. The van der Waals surface area contributed by atoms with Gasteiger partial charge >= 0.3 is 0 Å². The highest BCUT2D eigenvalue weighted by atomic mass is 19.3. The summed E-state index contributed by atoms with van der Waals surface area (Å²) in [6.45, 7) is 5.57. The van der Waals surface area contributed by atoms with Crippen LogP contribution in [0.3, 0.4) is 0 Å². The van der Waals surface area contributed by atoms with Gasteiger partial charge in [0.2, 0.25) is 0 Å². The molecule has 1 aromatic rings. The Morgan fingerprint density at radius 3 is 2.44 bits per heavy atom. The van der Waals surface area contributed by atoms with Crippen LogP contribution in [-0.2, 0) is 4.74 Å². The highest BCUT2D eigenvalue weighted by molar-refractivity contribution is 5.48. The summed E-state index contributed by atoms with van der Waals surface area (Å²) in [6.07, 6.45) is -3.38. The van der Waals surface area contributed by atoms with Gasteiger partial charge in [-0.3, -0.25) is 0 Å². The number of anilines is 1. The predicted octanol–water partition coefficient (Wildman–Crippen LogP) is 3.28. The van der Waals surface area contributed by atoms with Crippen molar-refractivity contribution in [1.82, 2.24) is 0 Å². The summed E-state index contributed by atoms with van der Waals surface area (Å²) >= 11 is 0. The fourth-order valence-corrected chi connectivity index (χ4v) is 2.13. The lowest BCUT2D eigenvalue weighted by molar-refractivity contribution is -0.0614. The average Bonchev–Trinajstić information content (AvgIpc) is 2.39. The van der Waals surface area contributed by atoms with E-state index >= 15 is 0 Å². The Kier molecular flexibility index (Phi) is 4.17. The molecule has 0 saturated carbocycles. The topological polar surface area (TPSA) is 12.5 Å². The first-order chi connectivity index (χ1) is 8.58. The SMILES string of the molecule is CC(C)c1ccc(N2CCO[C@H](C(F)F)C2)cc1. The van der Waals surface area contributed by atoms with Crippen LogP contribution in [0.5, 0.6) is 0 Å². The summed E-state index contributed by atoms with van der Waals surface area (Å²) in [6, 6.07) is 8.13. The first-order valence-electron chi connectivity index (χ1n) is 6.32. The second-order valence-electron chi connectivity index (χ2n) is 4.94. The lowest BCUT2D eigenvalue weighted by Gasteiger charge is -2.34. The highest BCUT2D eigenvalue weighted by Crippen LogP contribution is 2.23. The summed E-state index contributed by atoms with van der Waals surface area (Å²) in [4.78, 5) is 1.96. The summed E-state index contributed by atoms with van der Waals surface area (Å²) in [7, 11) is 0. The molecule has 18 heavy (non-hydrogen) atoms. The molecule has 4 heteroatoms. The number of morpholine rings is 1. The van der Waals surface area contributed by atoms with Gasteiger partial charge in [0.1, 0.15) is 6.10 Å². The van der Waals surface area contributed by atoms with Gasteiger partial charge in [-0.2, -0.15) is 0 Å². The normalized spacial score (nSPS) is 20.8. The number of halogens is 2. The van der Waals surface area contributed by atoms with E-state index in [4.69, 9.17) is 4.74 Å². The lowest BCUT2D eigenvalue weighted by atomic mass is 10.0. The Balaban J connectivity index is 2.06. The second-order valence-corrected chi connectivity index (χ2v) is 4.94. The van der Waals surface area contributed by atoms with Crippen LogP contribution >= 0.6 is 0 Å². The van der Waals surface area contributed by atoms with Crippen molar-refractivity contribution >= 4 is 5.69 Å². The molecule has 1 aliphatic heterocycles. The third kappa shape index (κ3) is 2.99. The minimum atomic E-state index is -2.41. The van der Waals surface area contributed by atoms with Crippen LogP contribution in [0.1, 0.15) is 25.3 Å². The van der Waals surface area contributed by atoms with Crippen LogP contribution in [0.4, 0.5) is 14.5 Å². The molecule has 1 aliphatic rings. The van der Waals surface area contributed by atoms with E-state index in [9.17, 15) is 8.78 Å². The smallest absolute Gasteiger partial charge is 0.266 e. The van der Waals surface area contributed by atoms with Crippen molar-refractivity contribution in [3.63, 3.8) is 0 Å². The maximum Gasteiger partial charge on any atom is 0.266 e. The van der Waals surface area contributed by atoms with Gasteiger partial charge in [0, 0.05) is 18.8 Å². The second kappa shape index (κ2) is 5.65. The number of nitrogens with zero attached hydrogens (tertiary/aromatic N) is 1. The van der Waals surface area contributed by atoms with Gasteiger partial charge in [0.25, 0.3) is 6.43 Å². The minimum absolute atomic E-state index is 0.263. The molecule has 1 aromatic carbocycles. The zero-order valence-corrected chi connectivity index (χ0v) is 10.8. The number of hydrogen-bond donors (Lipinski definition) is 0. The Hall–Kier alpha value is -1.16. The van der Waals surface area contributed by atoms with E-state index < -0.39 is 12.5 Å². The van der Waals surface area contributed by atoms with Crippen LogP contribution in [0.25, 0.3) is 0 Å². The molecule has 2 rings (SSSR count). The molecule has 100 valence electrons. The highest BCUT2D eigenvalue weighted by Gasteiger charge is 2.27. The van der Waals surface area contributed by atoms with Crippen molar-refractivity contribution < 1.29 is 13.5 Å². The molecule has 0 bridgehead atoms. The van der Waals surface area contributed by atoms with Gasteiger partial charge in [0.05, 0.1) is 6.61 Å². The molecule has 0 amide bonds. The molecule has 1 heterocycles. The van der Waals surface area contributed by atoms with Gasteiger partial charge in [-0.15, -0.1) is 0 Å². The van der Waals surface area contributed by atoms with Crippen LogP contribution in [0, 0.1) is 0 Å². The third-order valence-electron chi connectivity index (χ3n) is 3.30. The maximum absolute atomic E-state index is 12.6. The fraction of sp³-hybridized carbons (Fsp3) is 0.571. The average molecular weight is 255 g/mol. The van der Waals surface area contributed by atoms with Gasteiger partial charge in [-0.25, -0.2) is 8.78 Å². The summed E-state index contributed by atoms with van der Waals surface area (Å²) < 4.78 is 30.3. The van der Waals surface area contributed by atoms with E-state index in [2.05, 4.69) is 26.0 Å². The Morgan fingerprint density at radius 1 is 1.22 bits per heavy atom. The zero-order chi connectivity index (χ0) is 13.1. The number of alkyl halides is 2. The van der Waals surface area contributed by atoms with Crippen LogP contribution < -0.4 is 4.90 Å². The van der Waals surface area contributed by atoms with Crippen LogP contribution in [-0.4, -0.2) is 32.2 Å². The van der Waals surface area contributed by atoms with Crippen molar-refractivity contribution in [2.24, 2.45) is 0 Å². The molecule has 0 aliphatic carbocycles. The molecule has 1 saturated heterocycles. The molecule has 2 nitrogen and oxygen atoms in total. The molecular weight excluding hydrogens is 236 g/mol. The monoisotopic (exact) mass is 255 g/mol. The van der Waals surface area contributed by atoms with Gasteiger partial charge in [-0.1, -0.05) is 26.0 Å². The van der Waals surface area contributed by atoms with E-state index in [0.29, 0.717) is 19.1 Å². The molecule has 0 spiro atoms. The third-order valence-corrected chi connectivity index (χ3v) is 3.30. The van der Waals surface area contributed by atoms with Gasteiger partial charge in [0.15, 0.2) is 0 Å². The van der Waals surface area contributed by atoms with Crippen molar-refractivity contribution in [3.05, 3.63) is 29.8 Å². The Labute approximate surface area is 107 Å².